The SMILES string of the molecule is Cc1nn(C)c(Cl)c1CN1CCc2c([nH]c3ccccc23)[C@@H]1c1nc2ccccc2n1C. The minimum atomic E-state index is -0.000720. The van der Waals surface area contributed by atoms with Gasteiger partial charge in [-0.15, -0.1) is 0 Å². The van der Waals surface area contributed by atoms with Crippen molar-refractivity contribution in [2.45, 2.75) is 25.9 Å². The van der Waals surface area contributed by atoms with Crippen LogP contribution in [0.2, 0.25) is 5.15 Å². The number of fused-ring (bicyclic) bond motifs is 4. The summed E-state index contributed by atoms with van der Waals surface area (Å²) in [5.41, 5.74) is 8.02. The highest BCUT2D eigenvalue weighted by molar-refractivity contribution is 6.30. The van der Waals surface area contributed by atoms with E-state index in [4.69, 9.17) is 16.6 Å². The Morgan fingerprint density at radius 3 is 2.66 bits per heavy atom. The van der Waals surface area contributed by atoms with Crippen molar-refractivity contribution in [1.82, 2.24) is 29.2 Å². The van der Waals surface area contributed by atoms with Crippen LogP contribution in [0.5, 0.6) is 0 Å². The average Bonchev–Trinajstić information content (AvgIpc) is 3.41. The van der Waals surface area contributed by atoms with Crippen molar-refractivity contribution in [3.63, 3.8) is 0 Å². The highest BCUT2D eigenvalue weighted by Crippen LogP contribution is 2.40. The number of imidazole rings is 1. The number of nitrogens with zero attached hydrogens (tertiary/aromatic N) is 5. The third kappa shape index (κ3) is 2.83. The van der Waals surface area contributed by atoms with Gasteiger partial charge < -0.3 is 9.55 Å². The van der Waals surface area contributed by atoms with E-state index in [1.54, 1.807) is 4.68 Å². The molecule has 1 aliphatic heterocycles. The molecule has 0 spiro atoms. The summed E-state index contributed by atoms with van der Waals surface area (Å²) in [7, 11) is 4.01. The minimum Gasteiger partial charge on any atom is -0.356 e. The molecule has 2 aromatic carbocycles. The number of aromatic amines is 1. The molecule has 0 unspecified atom stereocenters. The summed E-state index contributed by atoms with van der Waals surface area (Å²) in [6.45, 7) is 3.68. The number of rotatable bonds is 3. The molecule has 0 radical (unpaired) electrons. The molecule has 0 aliphatic carbocycles. The number of halogens is 1. The van der Waals surface area contributed by atoms with E-state index in [2.05, 4.69) is 69.1 Å². The maximum atomic E-state index is 6.63. The molecule has 0 fully saturated rings. The number of H-pyrrole nitrogens is 1. The van der Waals surface area contributed by atoms with Crippen LogP contribution in [0.1, 0.15) is 34.4 Å². The quantitative estimate of drug-likeness (QED) is 0.430. The van der Waals surface area contributed by atoms with E-state index >= 15 is 0 Å². The summed E-state index contributed by atoms with van der Waals surface area (Å²) in [6, 6.07) is 16.9. The molecule has 0 amide bonds. The van der Waals surface area contributed by atoms with Gasteiger partial charge in [-0.25, -0.2) is 4.98 Å². The lowest BCUT2D eigenvalue weighted by molar-refractivity contribution is 0.192. The average molecular weight is 445 g/mol. The van der Waals surface area contributed by atoms with Crippen molar-refractivity contribution in [3.05, 3.63) is 82.0 Å². The number of hydrogen-bond donors (Lipinski definition) is 1. The molecule has 162 valence electrons. The number of aryl methyl sites for hydroxylation is 3. The summed E-state index contributed by atoms with van der Waals surface area (Å²) in [6.07, 6.45) is 0.983. The monoisotopic (exact) mass is 444 g/mol. The van der Waals surface area contributed by atoms with E-state index in [0.717, 1.165) is 47.6 Å². The fraction of sp³-hybridized carbons (Fsp3) is 0.280. The molecule has 5 aromatic rings. The van der Waals surface area contributed by atoms with Gasteiger partial charge in [-0.3, -0.25) is 9.58 Å². The van der Waals surface area contributed by atoms with Crippen molar-refractivity contribution < 1.29 is 0 Å². The molecule has 3 aromatic heterocycles. The first-order valence-electron chi connectivity index (χ1n) is 11.0. The van der Waals surface area contributed by atoms with Crippen LogP contribution in [0.4, 0.5) is 0 Å². The predicted octanol–water partition coefficient (Wildman–Crippen LogP) is 4.90. The van der Waals surface area contributed by atoms with Crippen molar-refractivity contribution in [2.75, 3.05) is 6.54 Å². The summed E-state index contributed by atoms with van der Waals surface area (Å²) in [5, 5.41) is 6.54. The topological polar surface area (TPSA) is 54.7 Å². The molecule has 0 saturated heterocycles. The molecule has 0 saturated carbocycles. The standard InChI is InChI=1S/C25H25ClN6/c1-15-18(24(26)31(3)29-15)14-32-13-12-17-16-8-4-5-9-19(16)27-22(17)23(32)25-28-20-10-6-7-11-21(20)30(25)2/h4-11,23,27H,12-14H2,1-3H3/t23-/m1/s1. The number of hydrogen-bond acceptors (Lipinski definition) is 3. The van der Waals surface area contributed by atoms with Crippen LogP contribution in [0, 0.1) is 6.92 Å². The van der Waals surface area contributed by atoms with Gasteiger partial charge in [0.15, 0.2) is 0 Å². The van der Waals surface area contributed by atoms with E-state index in [1.807, 2.05) is 20.0 Å². The van der Waals surface area contributed by atoms with Gasteiger partial charge in [-0.2, -0.15) is 5.10 Å². The number of nitrogens with one attached hydrogen (secondary N) is 1. The maximum absolute atomic E-state index is 6.63. The molecule has 32 heavy (non-hydrogen) atoms. The van der Waals surface area contributed by atoms with Crippen molar-refractivity contribution >= 4 is 33.5 Å². The fourth-order valence-electron chi connectivity index (χ4n) is 5.22. The van der Waals surface area contributed by atoms with Gasteiger partial charge in [0.25, 0.3) is 0 Å². The lowest BCUT2D eigenvalue weighted by atomic mass is 9.96. The van der Waals surface area contributed by atoms with E-state index in [1.165, 1.54) is 22.2 Å². The van der Waals surface area contributed by atoms with Crippen LogP contribution in [0.25, 0.3) is 21.9 Å². The molecule has 7 heteroatoms. The minimum absolute atomic E-state index is 0.000720. The van der Waals surface area contributed by atoms with E-state index in [9.17, 15) is 0 Å². The first-order chi connectivity index (χ1) is 15.5. The highest BCUT2D eigenvalue weighted by Gasteiger charge is 2.35. The summed E-state index contributed by atoms with van der Waals surface area (Å²) in [5.74, 6) is 1.04. The lowest BCUT2D eigenvalue weighted by Crippen LogP contribution is -2.37. The zero-order valence-corrected chi connectivity index (χ0v) is 19.2. The summed E-state index contributed by atoms with van der Waals surface area (Å²) >= 11 is 6.63. The normalized spacial score (nSPS) is 16.8. The summed E-state index contributed by atoms with van der Waals surface area (Å²) < 4.78 is 3.99. The molecule has 4 heterocycles. The molecule has 0 bridgehead atoms. The molecule has 1 atom stereocenters. The van der Waals surface area contributed by atoms with Crippen LogP contribution in [0.3, 0.4) is 0 Å². The Labute approximate surface area is 191 Å². The third-order valence-corrected chi connectivity index (χ3v) is 7.30. The second kappa shape index (κ2) is 7.22. The van der Waals surface area contributed by atoms with Crippen molar-refractivity contribution in [3.8, 4) is 0 Å². The fourth-order valence-corrected chi connectivity index (χ4v) is 5.45. The van der Waals surface area contributed by atoms with Crippen LogP contribution >= 0.6 is 11.6 Å². The maximum Gasteiger partial charge on any atom is 0.133 e. The lowest BCUT2D eigenvalue weighted by Gasteiger charge is -2.35. The zero-order valence-electron chi connectivity index (χ0n) is 18.4. The van der Waals surface area contributed by atoms with Gasteiger partial charge in [-0.05, 0) is 37.1 Å². The number of benzene rings is 2. The molecular weight excluding hydrogens is 420 g/mol. The first-order valence-corrected chi connectivity index (χ1v) is 11.3. The second-order valence-corrected chi connectivity index (χ2v) is 9.04. The number of para-hydroxylation sites is 3. The van der Waals surface area contributed by atoms with E-state index < -0.39 is 0 Å². The van der Waals surface area contributed by atoms with Crippen LogP contribution in [-0.2, 0) is 27.1 Å². The Morgan fingerprint density at radius 2 is 1.88 bits per heavy atom. The molecule has 1 N–H and O–H groups in total. The van der Waals surface area contributed by atoms with Gasteiger partial charge in [0.2, 0.25) is 0 Å². The molecule has 1 aliphatic rings. The Morgan fingerprint density at radius 1 is 1.09 bits per heavy atom. The van der Waals surface area contributed by atoms with Crippen LogP contribution in [-0.4, -0.2) is 35.8 Å². The van der Waals surface area contributed by atoms with Gasteiger partial charge in [-0.1, -0.05) is 41.9 Å². The highest BCUT2D eigenvalue weighted by atomic mass is 35.5. The molecular formula is C25H25ClN6. The Balaban J connectivity index is 1.55. The second-order valence-electron chi connectivity index (χ2n) is 8.68. The molecule has 6 rings (SSSR count). The largest absolute Gasteiger partial charge is 0.356 e. The van der Waals surface area contributed by atoms with Gasteiger partial charge in [0.05, 0.1) is 16.7 Å². The third-order valence-electron chi connectivity index (χ3n) is 6.83. The Kier molecular flexibility index (Phi) is 4.42. The van der Waals surface area contributed by atoms with Gasteiger partial charge in [0, 0.05) is 49.3 Å². The van der Waals surface area contributed by atoms with E-state index in [0.29, 0.717) is 5.15 Å². The first kappa shape index (κ1) is 19.6. The van der Waals surface area contributed by atoms with Crippen LogP contribution < -0.4 is 0 Å². The zero-order chi connectivity index (χ0) is 22.0. The Hall–Kier alpha value is -3.09. The van der Waals surface area contributed by atoms with E-state index in [-0.39, 0.29) is 6.04 Å². The van der Waals surface area contributed by atoms with Crippen molar-refractivity contribution in [1.29, 1.82) is 0 Å². The Bertz CT molecular complexity index is 1470. The number of aromatic nitrogens is 5. The van der Waals surface area contributed by atoms with Gasteiger partial charge in [0.1, 0.15) is 17.0 Å². The van der Waals surface area contributed by atoms with Gasteiger partial charge >= 0.3 is 0 Å². The summed E-state index contributed by atoms with van der Waals surface area (Å²) in [4.78, 5) is 11.3. The molecule has 6 nitrogen and oxygen atoms in total. The van der Waals surface area contributed by atoms with Crippen molar-refractivity contribution in [2.24, 2.45) is 14.1 Å². The smallest absolute Gasteiger partial charge is 0.133 e. The predicted molar refractivity (Wildman–Crippen MR) is 128 cm³/mol. The van der Waals surface area contributed by atoms with Crippen LogP contribution in [0.15, 0.2) is 48.5 Å².